The van der Waals surface area contributed by atoms with Crippen molar-refractivity contribution >= 4 is 27.6 Å². The third kappa shape index (κ3) is 31.7. The summed E-state index contributed by atoms with van der Waals surface area (Å²) in [6, 6.07) is 0. The van der Waals surface area contributed by atoms with Gasteiger partial charge in [-0.2, -0.15) is 0 Å². The van der Waals surface area contributed by atoms with Gasteiger partial charge in [-0.25, -0.2) is 9.13 Å². The van der Waals surface area contributed by atoms with Crippen LogP contribution >= 0.6 is 15.6 Å². The summed E-state index contributed by atoms with van der Waals surface area (Å²) in [7, 11) is -9.77. The number of hydrogen-bond donors (Lipinski definition) is 7. The largest absolute Gasteiger partial charge is 0.472 e. The molecule has 1 fully saturated rings. The molecule has 1 saturated carbocycles. The summed E-state index contributed by atoms with van der Waals surface area (Å²) < 4.78 is 47.8. The smallest absolute Gasteiger partial charge is 0.462 e. The molecular formula is C44H78O16P2. The van der Waals surface area contributed by atoms with Crippen LogP contribution in [0.4, 0.5) is 0 Å². The van der Waals surface area contributed by atoms with E-state index in [-0.39, 0.29) is 31.1 Å². The molecule has 0 bridgehead atoms. The number of carbonyl (C=O) groups is 2. The maximum atomic E-state index is 12.7. The van der Waals surface area contributed by atoms with Crippen LogP contribution in [-0.2, 0) is 41.8 Å². The number of rotatable bonds is 38. The van der Waals surface area contributed by atoms with Gasteiger partial charge in [0.2, 0.25) is 0 Å². The average molecular weight is 925 g/mol. The van der Waals surface area contributed by atoms with Crippen molar-refractivity contribution in [3.05, 3.63) is 48.6 Å². The number of hydrogen-bond acceptors (Lipinski definition) is 13. The number of allylic oxidation sites excluding steroid dienone is 6. The molecule has 0 amide bonds. The number of unbranched alkanes of at least 4 members (excludes halogenated alkanes) is 12. The first-order valence-corrected chi connectivity index (χ1v) is 25.6. The number of aliphatic hydroxyl groups is 4. The van der Waals surface area contributed by atoms with Crippen molar-refractivity contribution in [3.8, 4) is 0 Å². The number of aliphatic hydroxyl groups excluding tert-OH is 4. The van der Waals surface area contributed by atoms with Crippen LogP contribution < -0.4 is 0 Å². The lowest BCUT2D eigenvalue weighted by Crippen LogP contribution is -2.30. The second-order valence-corrected chi connectivity index (χ2v) is 18.7. The van der Waals surface area contributed by atoms with Crippen molar-refractivity contribution in [2.24, 2.45) is 11.8 Å². The van der Waals surface area contributed by atoms with Crippen molar-refractivity contribution in [1.82, 2.24) is 0 Å². The van der Waals surface area contributed by atoms with Gasteiger partial charge < -0.3 is 44.6 Å². The highest BCUT2D eigenvalue weighted by Gasteiger charge is 2.39. The molecule has 0 spiro atoms. The first-order valence-electron chi connectivity index (χ1n) is 22.6. The zero-order chi connectivity index (χ0) is 46.1. The molecule has 1 aliphatic rings. The molecule has 0 saturated heterocycles. The van der Waals surface area contributed by atoms with Crippen LogP contribution in [0.5, 0.6) is 0 Å². The van der Waals surface area contributed by atoms with E-state index in [9.17, 15) is 44.0 Å². The Morgan fingerprint density at radius 3 is 1.92 bits per heavy atom. The van der Waals surface area contributed by atoms with E-state index in [2.05, 4.69) is 47.2 Å². The molecule has 16 nitrogen and oxygen atoms in total. The van der Waals surface area contributed by atoms with E-state index in [1.165, 1.54) is 25.7 Å². The van der Waals surface area contributed by atoms with E-state index in [0.29, 0.717) is 32.1 Å². The van der Waals surface area contributed by atoms with Crippen molar-refractivity contribution < 1.29 is 76.9 Å². The van der Waals surface area contributed by atoms with Crippen LogP contribution in [0.2, 0.25) is 0 Å². The molecule has 0 aromatic heterocycles. The zero-order valence-electron chi connectivity index (χ0n) is 37.0. The molecule has 1 unspecified atom stereocenters. The van der Waals surface area contributed by atoms with Crippen LogP contribution in [0.3, 0.4) is 0 Å². The number of phosphoric acid groups is 2. The Morgan fingerprint density at radius 1 is 0.661 bits per heavy atom. The minimum Gasteiger partial charge on any atom is -0.462 e. The molecule has 360 valence electrons. The molecule has 8 atom stereocenters. The summed E-state index contributed by atoms with van der Waals surface area (Å²) in [5, 5.41) is 41.1. The fourth-order valence-electron chi connectivity index (χ4n) is 6.74. The Kier molecular flexibility index (Phi) is 33.0. The lowest BCUT2D eigenvalue weighted by Gasteiger charge is -2.20. The van der Waals surface area contributed by atoms with Crippen molar-refractivity contribution in [2.75, 3.05) is 26.4 Å². The van der Waals surface area contributed by atoms with Gasteiger partial charge in [0.15, 0.2) is 6.10 Å². The van der Waals surface area contributed by atoms with Gasteiger partial charge in [0, 0.05) is 25.2 Å². The summed E-state index contributed by atoms with van der Waals surface area (Å²) in [6.07, 6.45) is 27.7. The summed E-state index contributed by atoms with van der Waals surface area (Å²) in [5.41, 5.74) is 0. The summed E-state index contributed by atoms with van der Waals surface area (Å²) in [5.74, 6) is -1.73. The Labute approximate surface area is 369 Å². The molecule has 18 heteroatoms. The molecule has 0 aromatic rings. The van der Waals surface area contributed by atoms with Crippen molar-refractivity contribution in [2.45, 2.75) is 179 Å². The molecular weight excluding hydrogens is 846 g/mol. The van der Waals surface area contributed by atoms with E-state index in [1.807, 2.05) is 18.2 Å². The van der Waals surface area contributed by atoms with Crippen LogP contribution in [0, 0.1) is 11.8 Å². The van der Waals surface area contributed by atoms with Crippen LogP contribution in [0.15, 0.2) is 48.6 Å². The van der Waals surface area contributed by atoms with Gasteiger partial charge in [-0.3, -0.25) is 23.2 Å². The number of phosphoric ester groups is 2. The van der Waals surface area contributed by atoms with E-state index >= 15 is 0 Å². The summed E-state index contributed by atoms with van der Waals surface area (Å²) in [6.45, 7) is 1.34. The number of carbonyl (C=O) groups excluding carboxylic acids is 2. The first-order chi connectivity index (χ1) is 29.6. The highest BCUT2D eigenvalue weighted by molar-refractivity contribution is 7.47. The third-order valence-corrected chi connectivity index (χ3v) is 11.7. The fourth-order valence-corrected chi connectivity index (χ4v) is 7.90. The topological polar surface area (TPSA) is 256 Å². The lowest BCUT2D eigenvalue weighted by molar-refractivity contribution is -0.161. The summed E-state index contributed by atoms with van der Waals surface area (Å²) >= 11 is 0. The SMILES string of the molecule is CCCCCC/C=C\C=C/CCCCCCCC(=O)O[C@H](COC(=O)CCC/C=C/C[C@@H]1[C@@H](/C=C/[C@@H](O)CCCCC)[C@H](O)C[C@@H]1O)COP(=O)(O)OC[C@@H](O)COP(=O)(O)O. The van der Waals surface area contributed by atoms with Crippen molar-refractivity contribution in [3.63, 3.8) is 0 Å². The van der Waals surface area contributed by atoms with Crippen LogP contribution in [-0.4, -0.2) is 104 Å². The zero-order valence-corrected chi connectivity index (χ0v) is 38.8. The van der Waals surface area contributed by atoms with Crippen LogP contribution in [0.1, 0.15) is 149 Å². The molecule has 7 N–H and O–H groups in total. The second-order valence-electron chi connectivity index (χ2n) is 16.0. The molecule has 0 aromatic carbocycles. The van der Waals surface area contributed by atoms with Gasteiger partial charge in [0.25, 0.3) is 0 Å². The maximum absolute atomic E-state index is 12.7. The van der Waals surface area contributed by atoms with Gasteiger partial charge in [-0.05, 0) is 63.7 Å². The third-order valence-electron chi connectivity index (χ3n) is 10.3. The molecule has 0 radical (unpaired) electrons. The molecule has 1 rings (SSSR count). The number of ether oxygens (including phenoxy) is 2. The van der Waals surface area contributed by atoms with Gasteiger partial charge in [-0.1, -0.05) is 120 Å². The minimum atomic E-state index is -4.90. The van der Waals surface area contributed by atoms with E-state index in [1.54, 1.807) is 6.08 Å². The monoisotopic (exact) mass is 924 g/mol. The Bertz CT molecular complexity index is 1400. The van der Waals surface area contributed by atoms with Gasteiger partial charge >= 0.3 is 27.6 Å². The predicted octanol–water partition coefficient (Wildman–Crippen LogP) is 7.83. The first kappa shape index (κ1) is 58.0. The van der Waals surface area contributed by atoms with E-state index in [4.69, 9.17) is 23.8 Å². The minimum absolute atomic E-state index is 0.0136. The molecule has 0 aliphatic heterocycles. The van der Waals surface area contributed by atoms with Crippen molar-refractivity contribution in [1.29, 1.82) is 0 Å². The van der Waals surface area contributed by atoms with E-state index < -0.39 is 84.5 Å². The van der Waals surface area contributed by atoms with E-state index in [0.717, 1.165) is 57.8 Å². The Morgan fingerprint density at radius 2 is 1.24 bits per heavy atom. The van der Waals surface area contributed by atoms with Gasteiger partial charge in [0.05, 0.1) is 38.1 Å². The Balaban J connectivity index is 2.58. The van der Waals surface area contributed by atoms with Gasteiger partial charge in [0.1, 0.15) is 12.7 Å². The lowest BCUT2D eigenvalue weighted by atomic mass is 9.89. The van der Waals surface area contributed by atoms with Gasteiger partial charge in [-0.15, -0.1) is 0 Å². The molecule has 62 heavy (non-hydrogen) atoms. The highest BCUT2D eigenvalue weighted by atomic mass is 31.2. The predicted molar refractivity (Wildman–Crippen MR) is 236 cm³/mol. The normalized spacial score (nSPS) is 21.0. The molecule has 0 heterocycles. The second kappa shape index (κ2) is 35.2. The highest BCUT2D eigenvalue weighted by Crippen LogP contribution is 2.44. The average Bonchev–Trinajstić information content (AvgIpc) is 3.49. The van der Waals surface area contributed by atoms with Crippen LogP contribution in [0.25, 0.3) is 0 Å². The quantitative estimate of drug-likeness (QED) is 0.0102. The molecule has 1 aliphatic carbocycles. The maximum Gasteiger partial charge on any atom is 0.472 e. The number of esters is 2. The standard InChI is InChI=1S/C44H78O16P2/c1-3-5-7-8-9-10-11-12-13-14-15-16-17-18-24-28-44(50)60-38(35-59-62(54,55)58-33-37(46)32-57-61(51,52)53)34-56-43(49)27-23-20-19-22-26-39-40(42(48)31-41(39)47)30-29-36(45)25-21-6-4-2/h10-13,19,22,29-30,36-42,45-48H,3-9,14-18,20-21,23-28,31-35H2,1-2H3,(H,54,55)(H2,51,52,53)/b11-10-,13-12-,22-19+,30-29+/t36-,37-,38+,39+,40+,41-,42+/m0/s1. The Hall–Kier alpha value is -2.04. The fraction of sp³-hybridized carbons (Fsp3) is 0.773. The summed E-state index contributed by atoms with van der Waals surface area (Å²) in [4.78, 5) is 52.9.